The predicted molar refractivity (Wildman–Crippen MR) is 147 cm³/mol. The van der Waals surface area contributed by atoms with Crippen molar-refractivity contribution in [3.8, 4) is 0 Å². The first kappa shape index (κ1) is 30.4. The number of nitrogens with zero attached hydrogens (tertiary/aromatic N) is 1. The lowest BCUT2D eigenvalue weighted by atomic mass is 9.93. The molecule has 3 rings (SSSR count). The van der Waals surface area contributed by atoms with E-state index in [9.17, 15) is 27.6 Å². The summed E-state index contributed by atoms with van der Waals surface area (Å²) in [4.78, 5) is 51.1. The zero-order chi connectivity index (χ0) is 29.6. The highest BCUT2D eigenvalue weighted by molar-refractivity contribution is 7.91. The maximum Gasteiger partial charge on any atom is 0.411 e. The molecule has 0 bridgehead atoms. The Hall–Kier alpha value is -4.13. The van der Waals surface area contributed by atoms with E-state index >= 15 is 0 Å². The largest absolute Gasteiger partial charge is 0.469 e. The van der Waals surface area contributed by atoms with Gasteiger partial charge in [-0.1, -0.05) is 19.9 Å². The second-order valence-electron chi connectivity index (χ2n) is 9.79. The molecule has 40 heavy (non-hydrogen) atoms. The highest BCUT2D eigenvalue weighted by Gasteiger charge is 2.44. The molecule has 13 heteroatoms. The summed E-state index contributed by atoms with van der Waals surface area (Å²) in [5.41, 5.74) is 6.50. The number of hydrogen-bond acceptors (Lipinski definition) is 9. The minimum absolute atomic E-state index is 0.0441. The molecule has 12 nitrogen and oxygen atoms in total. The summed E-state index contributed by atoms with van der Waals surface area (Å²) in [6, 6.07) is 9.57. The number of methoxy groups -OCH3 is 2. The summed E-state index contributed by atoms with van der Waals surface area (Å²) in [7, 11) is -1.43. The third-order valence-electron chi connectivity index (χ3n) is 6.46. The Labute approximate surface area is 233 Å². The molecule has 216 valence electrons. The molecule has 2 atom stereocenters. The van der Waals surface area contributed by atoms with Gasteiger partial charge in [0.1, 0.15) is 0 Å². The Morgan fingerprint density at radius 1 is 1.05 bits per heavy atom. The molecular weight excluding hydrogens is 540 g/mol. The quantitative estimate of drug-likeness (QED) is 0.360. The number of carbonyl (C=O) groups excluding carboxylic acids is 4. The SMILES string of the molecule is COC(=O)Nc1ccc(S(=O)(=O)CC(C)C)c([C@H]2[C@@H](C(=O)OC)CCN2C(=O)CNc2cccc(C(N)=O)c2)c1. The van der Waals surface area contributed by atoms with Gasteiger partial charge in [0.15, 0.2) is 9.84 Å². The van der Waals surface area contributed by atoms with Crippen molar-refractivity contribution >= 4 is 45.1 Å². The molecule has 0 aromatic heterocycles. The van der Waals surface area contributed by atoms with Crippen molar-refractivity contribution < 1.29 is 37.1 Å². The lowest BCUT2D eigenvalue weighted by Gasteiger charge is -2.30. The van der Waals surface area contributed by atoms with E-state index in [1.54, 1.807) is 32.0 Å². The van der Waals surface area contributed by atoms with E-state index < -0.39 is 45.7 Å². The molecule has 0 saturated carbocycles. The normalized spacial score (nSPS) is 16.9. The number of nitrogens with two attached hydrogens (primary N) is 1. The topological polar surface area (TPSA) is 174 Å². The van der Waals surface area contributed by atoms with E-state index in [4.69, 9.17) is 10.5 Å². The zero-order valence-corrected chi connectivity index (χ0v) is 23.6. The number of primary amides is 1. The Morgan fingerprint density at radius 3 is 2.40 bits per heavy atom. The van der Waals surface area contributed by atoms with Crippen LogP contribution >= 0.6 is 0 Å². The summed E-state index contributed by atoms with van der Waals surface area (Å²) < 4.78 is 36.6. The minimum atomic E-state index is -3.85. The van der Waals surface area contributed by atoms with Crippen LogP contribution in [0.5, 0.6) is 0 Å². The number of likely N-dealkylation sites (tertiary alicyclic amines) is 1. The Balaban J connectivity index is 2.05. The summed E-state index contributed by atoms with van der Waals surface area (Å²) in [5, 5.41) is 5.47. The van der Waals surface area contributed by atoms with E-state index in [0.29, 0.717) is 5.69 Å². The minimum Gasteiger partial charge on any atom is -0.469 e. The van der Waals surface area contributed by atoms with Gasteiger partial charge in [-0.2, -0.15) is 0 Å². The summed E-state index contributed by atoms with van der Waals surface area (Å²) in [5.74, 6) is -2.84. The number of carbonyl (C=O) groups is 4. The molecule has 1 fully saturated rings. The molecule has 2 aromatic carbocycles. The maximum atomic E-state index is 13.5. The first-order valence-electron chi connectivity index (χ1n) is 12.6. The van der Waals surface area contributed by atoms with Crippen LogP contribution in [0.25, 0.3) is 0 Å². The standard InChI is InChI=1S/C27H34N4O8S/c1-16(2)15-40(36,37)22-9-8-19(30-27(35)39-4)13-21(22)24-20(26(34)38-3)10-11-31(24)23(32)14-29-18-7-5-6-17(12-18)25(28)33/h5-9,12-13,16,20,24,29H,10-11,14-15H2,1-4H3,(H2,28,33)(H,30,35)/t20-,24+/m0/s1. The lowest BCUT2D eigenvalue weighted by molar-refractivity contribution is -0.147. The Kier molecular flexibility index (Phi) is 9.74. The number of amides is 3. The Morgan fingerprint density at radius 2 is 1.77 bits per heavy atom. The van der Waals surface area contributed by atoms with Crippen LogP contribution in [0.1, 0.15) is 42.2 Å². The van der Waals surface area contributed by atoms with Crippen molar-refractivity contribution in [3.63, 3.8) is 0 Å². The van der Waals surface area contributed by atoms with E-state index in [2.05, 4.69) is 15.4 Å². The summed E-state index contributed by atoms with van der Waals surface area (Å²) >= 11 is 0. The number of rotatable bonds is 10. The fourth-order valence-corrected chi connectivity index (χ4v) is 6.63. The molecular formula is C27H34N4O8S. The van der Waals surface area contributed by atoms with Gasteiger partial charge in [0.2, 0.25) is 11.8 Å². The molecule has 4 N–H and O–H groups in total. The second kappa shape index (κ2) is 12.8. The van der Waals surface area contributed by atoms with Crippen molar-refractivity contribution in [1.29, 1.82) is 0 Å². The third kappa shape index (κ3) is 7.08. The molecule has 1 saturated heterocycles. The number of ether oxygens (including phenoxy) is 2. The maximum absolute atomic E-state index is 13.5. The van der Waals surface area contributed by atoms with Crippen molar-refractivity contribution in [2.24, 2.45) is 17.6 Å². The number of esters is 1. The van der Waals surface area contributed by atoms with Crippen molar-refractivity contribution in [2.45, 2.75) is 31.2 Å². The molecule has 1 aliphatic heterocycles. The molecule has 2 aromatic rings. The lowest BCUT2D eigenvalue weighted by Crippen LogP contribution is -2.38. The van der Waals surface area contributed by atoms with Gasteiger partial charge in [-0.05, 0) is 54.3 Å². The zero-order valence-electron chi connectivity index (χ0n) is 22.8. The molecule has 0 aliphatic carbocycles. The number of hydrogen-bond donors (Lipinski definition) is 3. The van der Waals surface area contributed by atoms with Crippen LogP contribution in [0.2, 0.25) is 0 Å². The fourth-order valence-electron chi connectivity index (χ4n) is 4.75. The van der Waals surface area contributed by atoms with Gasteiger partial charge in [-0.3, -0.25) is 19.7 Å². The molecule has 0 unspecified atom stereocenters. The highest BCUT2D eigenvalue weighted by Crippen LogP contribution is 2.42. The molecule has 3 amide bonds. The van der Waals surface area contributed by atoms with Gasteiger partial charge in [-0.15, -0.1) is 0 Å². The van der Waals surface area contributed by atoms with Gasteiger partial charge < -0.3 is 25.4 Å². The van der Waals surface area contributed by atoms with Gasteiger partial charge >= 0.3 is 12.1 Å². The van der Waals surface area contributed by atoms with Gasteiger partial charge in [0.25, 0.3) is 0 Å². The average Bonchev–Trinajstić information content (AvgIpc) is 3.35. The number of benzene rings is 2. The van der Waals surface area contributed by atoms with Crippen molar-refractivity contribution in [3.05, 3.63) is 53.6 Å². The van der Waals surface area contributed by atoms with Crippen LogP contribution in [-0.2, 0) is 28.9 Å². The van der Waals surface area contributed by atoms with Gasteiger partial charge in [-0.25, -0.2) is 13.2 Å². The first-order valence-corrected chi connectivity index (χ1v) is 14.3. The fraction of sp³-hybridized carbons (Fsp3) is 0.407. The number of nitrogens with one attached hydrogen (secondary N) is 2. The first-order chi connectivity index (χ1) is 18.9. The van der Waals surface area contributed by atoms with Crippen LogP contribution in [0, 0.1) is 11.8 Å². The van der Waals surface area contributed by atoms with E-state index in [1.807, 2.05) is 0 Å². The van der Waals surface area contributed by atoms with Gasteiger partial charge in [0.05, 0.1) is 43.4 Å². The van der Waals surface area contributed by atoms with E-state index in [0.717, 1.165) is 0 Å². The summed E-state index contributed by atoms with van der Waals surface area (Å²) in [6.45, 7) is 3.49. The molecule has 0 spiro atoms. The molecule has 1 heterocycles. The van der Waals surface area contributed by atoms with Crippen LogP contribution in [0.4, 0.5) is 16.2 Å². The van der Waals surface area contributed by atoms with E-state index in [1.165, 1.54) is 43.4 Å². The molecule has 0 radical (unpaired) electrons. The Bertz CT molecular complexity index is 1390. The number of anilines is 2. The van der Waals surface area contributed by atoms with Crippen LogP contribution in [0.15, 0.2) is 47.4 Å². The van der Waals surface area contributed by atoms with Crippen LogP contribution in [0.3, 0.4) is 0 Å². The number of sulfone groups is 1. The van der Waals surface area contributed by atoms with Crippen LogP contribution < -0.4 is 16.4 Å². The summed E-state index contributed by atoms with van der Waals surface area (Å²) in [6.07, 6.45) is -0.534. The van der Waals surface area contributed by atoms with Crippen molar-refractivity contribution in [1.82, 2.24) is 4.90 Å². The average molecular weight is 575 g/mol. The third-order valence-corrected chi connectivity index (χ3v) is 8.61. The van der Waals surface area contributed by atoms with Crippen molar-refractivity contribution in [2.75, 3.05) is 43.7 Å². The molecule has 1 aliphatic rings. The van der Waals surface area contributed by atoms with E-state index in [-0.39, 0.29) is 52.9 Å². The second-order valence-corrected chi connectivity index (χ2v) is 11.8. The van der Waals surface area contributed by atoms with Crippen LogP contribution in [-0.4, -0.2) is 70.3 Å². The smallest absolute Gasteiger partial charge is 0.411 e. The predicted octanol–water partition coefficient (Wildman–Crippen LogP) is 2.57. The highest BCUT2D eigenvalue weighted by atomic mass is 32.2. The van der Waals surface area contributed by atoms with Gasteiger partial charge in [0, 0.05) is 23.5 Å². The monoisotopic (exact) mass is 574 g/mol.